The second-order valence-electron chi connectivity index (χ2n) is 6.18. The van der Waals surface area contributed by atoms with Crippen molar-refractivity contribution in [2.75, 3.05) is 5.32 Å². The van der Waals surface area contributed by atoms with Gasteiger partial charge in [-0.25, -0.2) is 4.99 Å². The summed E-state index contributed by atoms with van der Waals surface area (Å²) >= 11 is 0. The number of amides is 1. The number of aliphatic imine (C=N–C) groups is 1. The van der Waals surface area contributed by atoms with Gasteiger partial charge in [-0.1, -0.05) is 30.3 Å². The number of fused-ring (bicyclic) bond motifs is 1. The van der Waals surface area contributed by atoms with Crippen molar-refractivity contribution in [1.29, 1.82) is 0 Å². The van der Waals surface area contributed by atoms with E-state index < -0.39 is 24.1 Å². The molecule has 0 saturated carbocycles. The third-order valence-electron chi connectivity index (χ3n) is 4.28. The number of carbonyl (C=O) groups excluding carboxylic acids is 2. The summed E-state index contributed by atoms with van der Waals surface area (Å²) in [5, 5.41) is 11.4. The first-order chi connectivity index (χ1) is 12.9. The van der Waals surface area contributed by atoms with Gasteiger partial charge in [0.1, 0.15) is 0 Å². The first-order valence-corrected chi connectivity index (χ1v) is 8.38. The highest BCUT2D eigenvalue weighted by Crippen LogP contribution is 2.28. The number of aromatic nitrogens is 1. The molecule has 0 spiro atoms. The number of esters is 1. The van der Waals surface area contributed by atoms with Crippen LogP contribution < -0.4 is 5.32 Å². The van der Waals surface area contributed by atoms with Gasteiger partial charge in [0.15, 0.2) is 0 Å². The summed E-state index contributed by atoms with van der Waals surface area (Å²) in [5.41, 5.74) is 3.52. The van der Waals surface area contributed by atoms with Crippen molar-refractivity contribution in [2.24, 2.45) is 12.0 Å². The molecule has 0 fully saturated rings. The third kappa shape index (κ3) is 3.89. The largest absolute Gasteiger partial charge is 0.481 e. The number of aryl methyl sites for hydroxylation is 1. The Labute approximate surface area is 155 Å². The fourth-order valence-corrected chi connectivity index (χ4v) is 2.84. The van der Waals surface area contributed by atoms with Crippen LogP contribution in [-0.4, -0.2) is 39.5 Å². The van der Waals surface area contributed by atoms with Crippen LogP contribution in [0.25, 0.3) is 0 Å². The van der Waals surface area contributed by atoms with Gasteiger partial charge >= 0.3 is 11.9 Å². The van der Waals surface area contributed by atoms with Crippen molar-refractivity contribution < 1.29 is 24.2 Å². The van der Waals surface area contributed by atoms with Crippen LogP contribution in [0.15, 0.2) is 41.5 Å². The van der Waals surface area contributed by atoms with Crippen molar-refractivity contribution in [3.8, 4) is 0 Å². The summed E-state index contributed by atoms with van der Waals surface area (Å²) in [6.07, 6.45) is -0.320. The van der Waals surface area contributed by atoms with Crippen molar-refractivity contribution in [3.05, 3.63) is 53.3 Å². The Hall–Kier alpha value is -3.42. The maximum atomic E-state index is 12.5. The summed E-state index contributed by atoms with van der Waals surface area (Å²) in [5.74, 6) is -2.50. The van der Waals surface area contributed by atoms with Crippen LogP contribution in [0.2, 0.25) is 0 Å². The normalized spacial score (nSPS) is 16.0. The molecule has 3 rings (SSSR count). The molecule has 0 aliphatic carbocycles. The van der Waals surface area contributed by atoms with E-state index in [1.54, 1.807) is 6.20 Å². The number of hydrogen-bond donors (Lipinski definition) is 2. The fraction of sp³-hybridized carbons (Fsp3) is 0.263. The number of hydrogen-bond acceptors (Lipinski definition) is 5. The highest BCUT2D eigenvalue weighted by Gasteiger charge is 2.31. The number of nitrogens with zero attached hydrogens (tertiary/aromatic N) is 2. The average Bonchev–Trinajstić information content (AvgIpc) is 2.83. The van der Waals surface area contributed by atoms with Crippen LogP contribution >= 0.6 is 0 Å². The smallest absolute Gasteiger partial charge is 0.308 e. The maximum Gasteiger partial charge on any atom is 0.308 e. The monoisotopic (exact) mass is 369 g/mol. The fourth-order valence-electron chi connectivity index (χ4n) is 2.84. The van der Waals surface area contributed by atoms with E-state index >= 15 is 0 Å². The second kappa shape index (κ2) is 7.45. The molecule has 1 aromatic carbocycles. The van der Waals surface area contributed by atoms with Gasteiger partial charge in [0.25, 0.3) is 12.1 Å². The number of ether oxygens (including phenoxy) is 1. The Bertz CT molecular complexity index is 930. The molecule has 1 unspecified atom stereocenters. The van der Waals surface area contributed by atoms with Crippen LogP contribution in [0.1, 0.15) is 29.7 Å². The van der Waals surface area contributed by atoms with Gasteiger partial charge in [-0.2, -0.15) is 0 Å². The van der Waals surface area contributed by atoms with Gasteiger partial charge in [0.2, 0.25) is 0 Å². The molecule has 1 aliphatic heterocycles. The molecule has 8 heteroatoms. The van der Waals surface area contributed by atoms with Gasteiger partial charge in [-0.05, 0) is 6.92 Å². The zero-order chi connectivity index (χ0) is 19.6. The Morgan fingerprint density at radius 2 is 1.96 bits per heavy atom. The molecular weight excluding hydrogens is 350 g/mol. The van der Waals surface area contributed by atoms with Gasteiger partial charge in [-0.15, -0.1) is 0 Å². The third-order valence-corrected chi connectivity index (χ3v) is 4.28. The second-order valence-corrected chi connectivity index (χ2v) is 6.18. The number of rotatable bonds is 5. The number of nitrogens with one attached hydrogen (secondary N) is 1. The molecule has 1 aliphatic rings. The SMILES string of the molecule is Cc1c2c(cn1C)NC(=O)C(OC(=O)CCC(=O)O)N=C2c1ccccc1. The molecule has 2 N–H and O–H groups in total. The summed E-state index contributed by atoms with van der Waals surface area (Å²) in [4.78, 5) is 39.5. The van der Waals surface area contributed by atoms with Crippen molar-refractivity contribution >= 4 is 29.2 Å². The number of carboxylic acid groups (broad SMARTS) is 1. The zero-order valence-electron chi connectivity index (χ0n) is 14.9. The Morgan fingerprint density at radius 1 is 1.26 bits per heavy atom. The van der Waals surface area contributed by atoms with E-state index in [4.69, 9.17) is 9.84 Å². The number of aliphatic carboxylic acids is 1. The van der Waals surface area contributed by atoms with Crippen molar-refractivity contribution in [1.82, 2.24) is 4.57 Å². The van der Waals surface area contributed by atoms with Crippen LogP contribution in [-0.2, 0) is 26.2 Å². The molecule has 0 saturated heterocycles. The molecule has 0 bridgehead atoms. The minimum Gasteiger partial charge on any atom is -0.481 e. The Balaban J connectivity index is 2.00. The van der Waals surface area contributed by atoms with Crippen LogP contribution in [0, 0.1) is 6.92 Å². The highest BCUT2D eigenvalue weighted by atomic mass is 16.6. The summed E-state index contributed by atoms with van der Waals surface area (Å²) in [6.45, 7) is 1.91. The lowest BCUT2D eigenvalue weighted by atomic mass is 10.0. The quantitative estimate of drug-likeness (QED) is 0.782. The minimum atomic E-state index is -1.39. The molecular formula is C19H19N3O5. The van der Waals surface area contributed by atoms with Gasteiger partial charge < -0.3 is 19.7 Å². The molecule has 0 radical (unpaired) electrons. The van der Waals surface area contributed by atoms with Crippen LogP contribution in [0.3, 0.4) is 0 Å². The number of carbonyl (C=O) groups is 3. The summed E-state index contributed by atoms with van der Waals surface area (Å²) in [7, 11) is 1.86. The van der Waals surface area contributed by atoms with E-state index in [0.717, 1.165) is 16.8 Å². The van der Waals surface area contributed by atoms with Gasteiger partial charge in [-0.3, -0.25) is 14.4 Å². The summed E-state index contributed by atoms with van der Waals surface area (Å²) < 4.78 is 7.03. The van der Waals surface area contributed by atoms with Crippen LogP contribution in [0.4, 0.5) is 5.69 Å². The molecule has 1 atom stereocenters. The molecule has 8 nitrogen and oxygen atoms in total. The highest BCUT2D eigenvalue weighted by molar-refractivity contribution is 6.20. The zero-order valence-corrected chi connectivity index (χ0v) is 14.9. The van der Waals surface area contributed by atoms with E-state index in [1.165, 1.54) is 0 Å². The average molecular weight is 369 g/mol. The molecule has 2 heterocycles. The Morgan fingerprint density at radius 3 is 2.63 bits per heavy atom. The van der Waals surface area contributed by atoms with Crippen LogP contribution in [0.5, 0.6) is 0 Å². The van der Waals surface area contributed by atoms with Crippen molar-refractivity contribution in [3.63, 3.8) is 0 Å². The van der Waals surface area contributed by atoms with E-state index in [2.05, 4.69) is 10.3 Å². The predicted molar refractivity (Wildman–Crippen MR) is 97.6 cm³/mol. The molecule has 1 aromatic heterocycles. The lowest BCUT2D eigenvalue weighted by Gasteiger charge is -2.13. The van der Waals surface area contributed by atoms with E-state index in [-0.39, 0.29) is 12.8 Å². The van der Waals surface area contributed by atoms with E-state index in [9.17, 15) is 14.4 Å². The summed E-state index contributed by atoms with van der Waals surface area (Å²) in [6, 6.07) is 9.28. The lowest BCUT2D eigenvalue weighted by Crippen LogP contribution is -2.30. The Kier molecular flexibility index (Phi) is 5.07. The lowest BCUT2D eigenvalue weighted by molar-refractivity contribution is -0.155. The van der Waals surface area contributed by atoms with Gasteiger partial charge in [0.05, 0.1) is 24.2 Å². The number of anilines is 1. The van der Waals surface area contributed by atoms with Crippen molar-refractivity contribution in [2.45, 2.75) is 26.0 Å². The molecule has 1 amide bonds. The maximum absolute atomic E-state index is 12.5. The minimum absolute atomic E-state index is 0.331. The van der Waals surface area contributed by atoms with E-state index in [0.29, 0.717) is 11.4 Å². The topological polar surface area (TPSA) is 110 Å². The first kappa shape index (κ1) is 18.4. The number of benzene rings is 1. The van der Waals surface area contributed by atoms with E-state index in [1.807, 2.05) is 48.9 Å². The van der Waals surface area contributed by atoms with Gasteiger partial charge in [0, 0.05) is 30.1 Å². The molecule has 140 valence electrons. The molecule has 27 heavy (non-hydrogen) atoms. The first-order valence-electron chi connectivity index (χ1n) is 8.38. The standard InChI is InChI=1S/C19H19N3O5/c1-11-16-13(10-22(11)2)20-18(26)19(27-15(25)9-8-14(23)24)21-17(16)12-6-4-3-5-7-12/h3-7,10,19H,8-9H2,1-2H3,(H,20,26)(H,23,24). The predicted octanol–water partition coefficient (Wildman–Crippen LogP) is 1.86. The molecule has 2 aromatic rings. The number of carboxylic acids is 1.